The summed E-state index contributed by atoms with van der Waals surface area (Å²) in [5.41, 5.74) is 3.30. The number of hydrogen-bond acceptors (Lipinski definition) is 7. The van der Waals surface area contributed by atoms with Crippen LogP contribution in [0.5, 0.6) is 23.0 Å². The maximum Gasteiger partial charge on any atom is 0.259 e. The van der Waals surface area contributed by atoms with Crippen molar-refractivity contribution in [1.82, 2.24) is 10.7 Å². The van der Waals surface area contributed by atoms with Crippen molar-refractivity contribution in [3.05, 3.63) is 47.5 Å². The fraction of sp³-hybridized carbons (Fsp3) is 0.250. The Morgan fingerprint density at radius 1 is 0.931 bits per heavy atom. The molecule has 0 aliphatic rings. The Morgan fingerprint density at radius 2 is 1.55 bits per heavy atom. The highest BCUT2D eigenvalue weighted by atomic mass is 16.5. The minimum absolute atomic E-state index is 0.254. The van der Waals surface area contributed by atoms with Crippen molar-refractivity contribution >= 4 is 18.0 Å². The molecule has 9 nitrogen and oxygen atoms in total. The number of rotatable bonds is 9. The van der Waals surface area contributed by atoms with Gasteiger partial charge in [-0.05, 0) is 24.3 Å². The van der Waals surface area contributed by atoms with E-state index in [1.165, 1.54) is 39.7 Å². The number of hydrazone groups is 1. The highest BCUT2D eigenvalue weighted by Crippen LogP contribution is 2.38. The Labute approximate surface area is 168 Å². The molecular formula is C20H23N3O6. The van der Waals surface area contributed by atoms with Crippen molar-refractivity contribution in [1.29, 1.82) is 0 Å². The smallest absolute Gasteiger partial charge is 0.259 e. The lowest BCUT2D eigenvalue weighted by Gasteiger charge is -2.14. The Morgan fingerprint density at radius 3 is 2.14 bits per heavy atom. The van der Waals surface area contributed by atoms with Crippen LogP contribution in [0.3, 0.4) is 0 Å². The number of amides is 2. The van der Waals surface area contributed by atoms with E-state index < -0.39 is 11.8 Å². The van der Waals surface area contributed by atoms with Gasteiger partial charge in [0.05, 0.1) is 41.2 Å². The lowest BCUT2D eigenvalue weighted by atomic mass is 10.1. The molecule has 2 amide bonds. The summed E-state index contributed by atoms with van der Waals surface area (Å²) < 4.78 is 20.8. The van der Waals surface area contributed by atoms with Gasteiger partial charge in [0.25, 0.3) is 11.8 Å². The van der Waals surface area contributed by atoms with Crippen LogP contribution in [0.1, 0.15) is 15.9 Å². The summed E-state index contributed by atoms with van der Waals surface area (Å²) in [6.45, 7) is -0.265. The van der Waals surface area contributed by atoms with Crippen molar-refractivity contribution < 1.29 is 28.5 Å². The third kappa shape index (κ3) is 5.61. The first kappa shape index (κ1) is 21.5. The molecule has 2 N–H and O–H groups in total. The second kappa shape index (κ2) is 10.5. The third-order valence-corrected chi connectivity index (χ3v) is 3.87. The molecule has 0 aliphatic heterocycles. The molecule has 0 radical (unpaired) electrons. The number of nitrogens with zero attached hydrogens (tertiary/aromatic N) is 1. The fourth-order valence-electron chi connectivity index (χ4n) is 2.46. The lowest BCUT2D eigenvalue weighted by Crippen LogP contribution is -2.35. The zero-order chi connectivity index (χ0) is 21.2. The molecule has 0 unspecified atom stereocenters. The maximum absolute atomic E-state index is 12.4. The topological polar surface area (TPSA) is 107 Å². The second-order valence-electron chi connectivity index (χ2n) is 5.63. The van der Waals surface area contributed by atoms with Crippen molar-refractivity contribution in [2.24, 2.45) is 5.10 Å². The van der Waals surface area contributed by atoms with E-state index in [2.05, 4.69) is 15.8 Å². The Bertz CT molecular complexity index is 873. The van der Waals surface area contributed by atoms with Crippen LogP contribution in [0, 0.1) is 0 Å². The highest BCUT2D eigenvalue weighted by Gasteiger charge is 2.17. The molecule has 2 aromatic carbocycles. The maximum atomic E-state index is 12.4. The predicted molar refractivity (Wildman–Crippen MR) is 107 cm³/mol. The monoisotopic (exact) mass is 401 g/mol. The zero-order valence-electron chi connectivity index (χ0n) is 16.6. The normalized spacial score (nSPS) is 10.3. The second-order valence-corrected chi connectivity index (χ2v) is 5.63. The van der Waals surface area contributed by atoms with E-state index >= 15 is 0 Å². The van der Waals surface area contributed by atoms with E-state index in [1.807, 2.05) is 12.1 Å². The van der Waals surface area contributed by atoms with Gasteiger partial charge >= 0.3 is 0 Å². The van der Waals surface area contributed by atoms with Gasteiger partial charge in [-0.15, -0.1) is 0 Å². The van der Waals surface area contributed by atoms with Crippen LogP contribution < -0.4 is 29.7 Å². The van der Waals surface area contributed by atoms with E-state index in [0.29, 0.717) is 28.6 Å². The molecule has 0 aliphatic carbocycles. The van der Waals surface area contributed by atoms with Crippen LogP contribution in [0.15, 0.2) is 41.5 Å². The van der Waals surface area contributed by atoms with Gasteiger partial charge in [0.15, 0.2) is 11.5 Å². The van der Waals surface area contributed by atoms with Crippen LogP contribution in [0.2, 0.25) is 0 Å². The molecule has 2 rings (SSSR count). The van der Waals surface area contributed by atoms with Crippen LogP contribution in [-0.4, -0.2) is 53.0 Å². The van der Waals surface area contributed by atoms with Crippen LogP contribution in [0.4, 0.5) is 0 Å². The molecule has 2 aromatic rings. The number of nitrogens with one attached hydrogen (secondary N) is 2. The Kier molecular flexibility index (Phi) is 7.84. The number of ether oxygens (including phenoxy) is 4. The molecule has 0 heterocycles. The molecule has 9 heteroatoms. The summed E-state index contributed by atoms with van der Waals surface area (Å²) in [5.74, 6) is 0.701. The molecule has 0 aromatic heterocycles. The number of carbonyl (C=O) groups is 2. The summed E-state index contributed by atoms with van der Waals surface area (Å²) in [5, 5.41) is 6.37. The van der Waals surface area contributed by atoms with Crippen LogP contribution in [0.25, 0.3) is 0 Å². The van der Waals surface area contributed by atoms with Crippen molar-refractivity contribution in [3.8, 4) is 23.0 Å². The lowest BCUT2D eigenvalue weighted by molar-refractivity contribution is -0.120. The Balaban J connectivity index is 1.96. The zero-order valence-corrected chi connectivity index (χ0v) is 16.6. The van der Waals surface area contributed by atoms with Gasteiger partial charge in [0.2, 0.25) is 5.75 Å². The van der Waals surface area contributed by atoms with Gasteiger partial charge in [-0.2, -0.15) is 5.10 Å². The molecule has 0 bridgehead atoms. The van der Waals surface area contributed by atoms with Crippen molar-refractivity contribution in [3.63, 3.8) is 0 Å². The molecule has 0 fully saturated rings. The standard InChI is InChI=1S/C20H23N3O6/c1-26-15-8-6-5-7-13(15)11-22-23-18(24)12-21-20(25)14-9-16(27-2)19(29-4)17(10-14)28-3/h5-11H,12H2,1-4H3,(H,21,25)(H,23,24). The summed E-state index contributed by atoms with van der Waals surface area (Å²) in [7, 11) is 5.91. The molecule has 0 saturated carbocycles. The number of hydrogen-bond donors (Lipinski definition) is 2. The largest absolute Gasteiger partial charge is 0.496 e. The van der Waals surface area contributed by atoms with Gasteiger partial charge < -0.3 is 24.3 Å². The third-order valence-electron chi connectivity index (χ3n) is 3.87. The molecule has 0 atom stereocenters. The van der Waals surface area contributed by atoms with Gasteiger partial charge in [0.1, 0.15) is 5.75 Å². The number of benzene rings is 2. The molecule has 154 valence electrons. The minimum atomic E-state index is -0.489. The average molecular weight is 401 g/mol. The molecule has 0 spiro atoms. The van der Waals surface area contributed by atoms with E-state index in [4.69, 9.17) is 18.9 Å². The Hall–Kier alpha value is -3.75. The van der Waals surface area contributed by atoms with E-state index in [0.717, 1.165) is 0 Å². The number of para-hydroxylation sites is 1. The van der Waals surface area contributed by atoms with Crippen LogP contribution in [-0.2, 0) is 4.79 Å². The minimum Gasteiger partial charge on any atom is -0.496 e. The molecular weight excluding hydrogens is 378 g/mol. The van der Waals surface area contributed by atoms with Gasteiger partial charge in [-0.1, -0.05) is 12.1 Å². The van der Waals surface area contributed by atoms with Gasteiger partial charge in [-0.3, -0.25) is 9.59 Å². The number of methoxy groups -OCH3 is 4. The summed E-state index contributed by atoms with van der Waals surface area (Å²) in [6.07, 6.45) is 1.46. The van der Waals surface area contributed by atoms with Gasteiger partial charge in [0, 0.05) is 11.1 Å². The van der Waals surface area contributed by atoms with Crippen molar-refractivity contribution in [2.45, 2.75) is 0 Å². The first-order valence-electron chi connectivity index (χ1n) is 8.57. The van der Waals surface area contributed by atoms with E-state index in [-0.39, 0.29) is 12.1 Å². The molecule has 0 saturated heterocycles. The fourth-order valence-corrected chi connectivity index (χ4v) is 2.46. The van der Waals surface area contributed by atoms with E-state index in [1.54, 1.807) is 19.2 Å². The SMILES string of the molecule is COc1ccccc1C=NNC(=O)CNC(=O)c1cc(OC)c(OC)c(OC)c1. The van der Waals surface area contributed by atoms with Crippen molar-refractivity contribution in [2.75, 3.05) is 35.0 Å². The summed E-state index contributed by atoms with van der Waals surface area (Å²) in [4.78, 5) is 24.3. The average Bonchev–Trinajstić information content (AvgIpc) is 2.76. The molecule has 29 heavy (non-hydrogen) atoms. The first-order valence-corrected chi connectivity index (χ1v) is 8.57. The van der Waals surface area contributed by atoms with Gasteiger partial charge in [-0.25, -0.2) is 5.43 Å². The van der Waals surface area contributed by atoms with Crippen LogP contribution >= 0.6 is 0 Å². The summed E-state index contributed by atoms with van der Waals surface area (Å²) in [6, 6.07) is 10.2. The van der Waals surface area contributed by atoms with E-state index in [9.17, 15) is 9.59 Å². The highest BCUT2D eigenvalue weighted by molar-refractivity contribution is 5.97. The predicted octanol–water partition coefficient (Wildman–Crippen LogP) is 1.60. The first-order chi connectivity index (χ1) is 14.0. The number of carbonyl (C=O) groups excluding carboxylic acids is 2. The quantitative estimate of drug-likeness (QED) is 0.488. The summed E-state index contributed by atoms with van der Waals surface area (Å²) >= 11 is 0.